The molecule has 1 fully saturated rings. The number of piperidine rings is 1. The molecule has 0 atom stereocenters. The van der Waals surface area contributed by atoms with Crippen LogP contribution in [0, 0.1) is 5.92 Å². The molecule has 1 aliphatic heterocycles. The lowest BCUT2D eigenvalue weighted by Gasteiger charge is -2.32. The molecular formula is C21H28N6O. The Morgan fingerprint density at radius 2 is 1.96 bits per heavy atom. The number of methoxy groups -OCH3 is 1. The fraction of sp³-hybridized carbons (Fsp3) is 0.476. The molecule has 1 aliphatic rings. The van der Waals surface area contributed by atoms with Crippen LogP contribution in [-0.2, 0) is 13.0 Å². The SMILES string of the molecule is CCc1cc(NCC2CCN(Cc3ccc(OC)cc3)CC2)n2ncnc2n1. The highest BCUT2D eigenvalue weighted by Gasteiger charge is 2.19. The van der Waals surface area contributed by atoms with Crippen LogP contribution in [0.3, 0.4) is 0 Å². The lowest BCUT2D eigenvalue weighted by Crippen LogP contribution is -2.35. The second kappa shape index (κ2) is 8.56. The van der Waals surface area contributed by atoms with E-state index in [1.54, 1.807) is 18.0 Å². The maximum Gasteiger partial charge on any atom is 0.254 e. The predicted octanol–water partition coefficient (Wildman–Crippen LogP) is 3.02. The van der Waals surface area contributed by atoms with Crippen molar-refractivity contribution in [3.63, 3.8) is 0 Å². The molecule has 0 spiro atoms. The molecule has 148 valence electrons. The van der Waals surface area contributed by atoms with Crippen molar-refractivity contribution in [3.8, 4) is 5.75 Å². The van der Waals surface area contributed by atoms with Gasteiger partial charge in [0.05, 0.1) is 7.11 Å². The van der Waals surface area contributed by atoms with Gasteiger partial charge in [-0.1, -0.05) is 19.1 Å². The van der Waals surface area contributed by atoms with E-state index in [-0.39, 0.29) is 0 Å². The van der Waals surface area contributed by atoms with Crippen molar-refractivity contribution in [1.82, 2.24) is 24.5 Å². The van der Waals surface area contributed by atoms with Crippen molar-refractivity contribution in [2.45, 2.75) is 32.7 Å². The van der Waals surface area contributed by atoms with Gasteiger partial charge in [0.2, 0.25) is 0 Å². The van der Waals surface area contributed by atoms with Crippen LogP contribution in [0.5, 0.6) is 5.75 Å². The quantitative estimate of drug-likeness (QED) is 0.680. The molecule has 3 heterocycles. The van der Waals surface area contributed by atoms with Crippen molar-refractivity contribution in [3.05, 3.63) is 47.9 Å². The summed E-state index contributed by atoms with van der Waals surface area (Å²) in [7, 11) is 1.71. The van der Waals surface area contributed by atoms with Gasteiger partial charge >= 0.3 is 0 Å². The zero-order chi connectivity index (χ0) is 19.3. The molecule has 0 amide bonds. The molecule has 28 heavy (non-hydrogen) atoms. The smallest absolute Gasteiger partial charge is 0.254 e. The monoisotopic (exact) mass is 380 g/mol. The van der Waals surface area contributed by atoms with E-state index in [0.717, 1.165) is 49.9 Å². The summed E-state index contributed by atoms with van der Waals surface area (Å²) in [5.74, 6) is 3.23. The first kappa shape index (κ1) is 18.7. The number of likely N-dealkylation sites (tertiary alicyclic amines) is 1. The number of aryl methyl sites for hydroxylation is 1. The fourth-order valence-electron chi connectivity index (χ4n) is 3.76. The number of ether oxygens (including phenoxy) is 1. The van der Waals surface area contributed by atoms with E-state index in [2.05, 4.69) is 50.4 Å². The molecule has 1 aromatic carbocycles. The van der Waals surface area contributed by atoms with E-state index in [1.165, 1.54) is 18.4 Å². The predicted molar refractivity (Wildman–Crippen MR) is 110 cm³/mol. The molecule has 0 aliphatic carbocycles. The minimum absolute atomic E-state index is 0.663. The Hall–Kier alpha value is -2.67. The van der Waals surface area contributed by atoms with E-state index in [0.29, 0.717) is 11.7 Å². The average molecular weight is 380 g/mol. The summed E-state index contributed by atoms with van der Waals surface area (Å²) in [6.07, 6.45) is 4.86. The molecule has 1 saturated heterocycles. The number of hydrogen-bond acceptors (Lipinski definition) is 6. The van der Waals surface area contributed by atoms with E-state index in [4.69, 9.17) is 4.74 Å². The average Bonchev–Trinajstić information content (AvgIpc) is 3.22. The number of nitrogens with zero attached hydrogens (tertiary/aromatic N) is 5. The molecule has 0 unspecified atom stereocenters. The van der Waals surface area contributed by atoms with Crippen LogP contribution < -0.4 is 10.1 Å². The Kier molecular flexibility index (Phi) is 5.71. The van der Waals surface area contributed by atoms with Gasteiger partial charge in [0.1, 0.15) is 17.9 Å². The van der Waals surface area contributed by atoms with Crippen molar-refractivity contribution in [1.29, 1.82) is 0 Å². The Labute approximate surface area is 165 Å². The number of aromatic nitrogens is 4. The van der Waals surface area contributed by atoms with Gasteiger partial charge in [-0.25, -0.2) is 4.98 Å². The third-order valence-corrected chi connectivity index (χ3v) is 5.51. The Morgan fingerprint density at radius 3 is 2.68 bits per heavy atom. The molecule has 7 nitrogen and oxygen atoms in total. The van der Waals surface area contributed by atoms with Crippen molar-refractivity contribution in [2.24, 2.45) is 5.92 Å². The van der Waals surface area contributed by atoms with E-state index in [9.17, 15) is 0 Å². The number of hydrogen-bond donors (Lipinski definition) is 1. The first-order chi connectivity index (χ1) is 13.7. The summed E-state index contributed by atoms with van der Waals surface area (Å²) >= 11 is 0. The third kappa shape index (κ3) is 4.25. The minimum Gasteiger partial charge on any atom is -0.497 e. The van der Waals surface area contributed by atoms with E-state index < -0.39 is 0 Å². The highest BCUT2D eigenvalue weighted by atomic mass is 16.5. The van der Waals surface area contributed by atoms with Gasteiger partial charge < -0.3 is 10.1 Å². The van der Waals surface area contributed by atoms with Crippen LogP contribution in [-0.4, -0.2) is 51.2 Å². The molecule has 7 heteroatoms. The summed E-state index contributed by atoms with van der Waals surface area (Å²) < 4.78 is 7.03. The van der Waals surface area contributed by atoms with Gasteiger partial charge in [0.15, 0.2) is 0 Å². The summed E-state index contributed by atoms with van der Waals surface area (Å²) in [5.41, 5.74) is 2.38. The standard InChI is InChI=1S/C21H28N6O/c1-3-18-12-20(27-21(25-18)23-15-24-27)22-13-16-8-10-26(11-9-16)14-17-4-6-19(28-2)7-5-17/h4-7,12,15-16,22H,3,8-11,13-14H2,1-2H3. The van der Waals surface area contributed by atoms with Crippen molar-refractivity contribution >= 4 is 11.6 Å². The number of nitrogens with one attached hydrogen (secondary N) is 1. The summed E-state index contributed by atoms with van der Waals surface area (Å²) in [6.45, 7) is 6.34. The maximum absolute atomic E-state index is 5.24. The van der Waals surface area contributed by atoms with Gasteiger partial charge in [0, 0.05) is 24.8 Å². The number of anilines is 1. The Morgan fingerprint density at radius 1 is 1.18 bits per heavy atom. The molecule has 3 aromatic rings. The molecule has 1 N–H and O–H groups in total. The molecule has 2 aromatic heterocycles. The number of benzene rings is 1. The van der Waals surface area contributed by atoms with Crippen LogP contribution in [0.4, 0.5) is 5.82 Å². The second-order valence-corrected chi connectivity index (χ2v) is 7.41. The van der Waals surface area contributed by atoms with Crippen LogP contribution in [0.15, 0.2) is 36.7 Å². The summed E-state index contributed by atoms with van der Waals surface area (Å²) in [5, 5.41) is 7.88. The highest BCUT2D eigenvalue weighted by Crippen LogP contribution is 2.21. The van der Waals surface area contributed by atoms with Crippen LogP contribution in [0.2, 0.25) is 0 Å². The molecule has 0 radical (unpaired) electrons. The van der Waals surface area contributed by atoms with Gasteiger partial charge in [-0.2, -0.15) is 14.6 Å². The summed E-state index contributed by atoms with van der Waals surface area (Å²) in [4.78, 5) is 11.3. The number of fused-ring (bicyclic) bond motifs is 1. The topological polar surface area (TPSA) is 67.6 Å². The Bertz CT molecular complexity index is 899. The molecule has 0 saturated carbocycles. The van der Waals surface area contributed by atoms with Crippen LogP contribution in [0.25, 0.3) is 5.78 Å². The van der Waals surface area contributed by atoms with Crippen molar-refractivity contribution < 1.29 is 4.74 Å². The lowest BCUT2D eigenvalue weighted by atomic mass is 9.96. The van der Waals surface area contributed by atoms with Gasteiger partial charge in [-0.3, -0.25) is 4.90 Å². The molecule has 4 rings (SSSR count). The van der Waals surface area contributed by atoms with Gasteiger partial charge in [-0.05, 0) is 56.0 Å². The van der Waals surface area contributed by atoms with Crippen molar-refractivity contribution in [2.75, 3.05) is 32.1 Å². The van der Waals surface area contributed by atoms with E-state index in [1.807, 2.05) is 12.1 Å². The van der Waals surface area contributed by atoms with E-state index >= 15 is 0 Å². The maximum atomic E-state index is 5.24. The zero-order valence-corrected chi connectivity index (χ0v) is 16.6. The number of rotatable bonds is 7. The minimum atomic E-state index is 0.663. The lowest BCUT2D eigenvalue weighted by molar-refractivity contribution is 0.182. The van der Waals surface area contributed by atoms with Gasteiger partial charge in [-0.15, -0.1) is 0 Å². The normalized spacial score (nSPS) is 15.8. The van der Waals surface area contributed by atoms with Crippen LogP contribution >= 0.6 is 0 Å². The Balaban J connectivity index is 1.29. The highest BCUT2D eigenvalue weighted by molar-refractivity contribution is 5.45. The van der Waals surface area contributed by atoms with Gasteiger partial charge in [0.25, 0.3) is 5.78 Å². The zero-order valence-electron chi connectivity index (χ0n) is 16.6. The molecule has 0 bridgehead atoms. The molecular weight excluding hydrogens is 352 g/mol. The fourth-order valence-corrected chi connectivity index (χ4v) is 3.76. The second-order valence-electron chi connectivity index (χ2n) is 7.41. The van der Waals surface area contributed by atoms with Crippen LogP contribution in [0.1, 0.15) is 31.0 Å². The first-order valence-corrected chi connectivity index (χ1v) is 10.0. The third-order valence-electron chi connectivity index (χ3n) is 5.51. The largest absolute Gasteiger partial charge is 0.497 e. The summed E-state index contributed by atoms with van der Waals surface area (Å²) in [6, 6.07) is 10.5. The first-order valence-electron chi connectivity index (χ1n) is 10.0.